The van der Waals surface area contributed by atoms with Crippen LogP contribution in [-0.4, -0.2) is 43.2 Å². The molecule has 126 valence electrons. The van der Waals surface area contributed by atoms with Crippen LogP contribution in [0.5, 0.6) is 5.75 Å². The molecule has 0 radical (unpaired) electrons. The Morgan fingerprint density at radius 3 is 2.35 bits per heavy atom. The zero-order chi connectivity index (χ0) is 16.4. The number of hydrogen-bond acceptors (Lipinski definition) is 3. The predicted octanol–water partition coefficient (Wildman–Crippen LogP) is 3.21. The Morgan fingerprint density at radius 2 is 1.83 bits per heavy atom. The largest absolute Gasteiger partial charge is 0.497 e. The molecule has 3 atom stereocenters. The maximum absolute atomic E-state index is 12.9. The van der Waals surface area contributed by atoms with Crippen LogP contribution in [0.25, 0.3) is 0 Å². The summed E-state index contributed by atoms with van der Waals surface area (Å²) in [6, 6.07) is 8.55. The van der Waals surface area contributed by atoms with Crippen molar-refractivity contribution < 1.29 is 14.3 Å². The van der Waals surface area contributed by atoms with Crippen LogP contribution in [0.1, 0.15) is 44.6 Å². The number of nitrogens with zero attached hydrogens (tertiary/aromatic N) is 1. The van der Waals surface area contributed by atoms with Crippen LogP contribution in [0.4, 0.5) is 0 Å². The zero-order valence-electron chi connectivity index (χ0n) is 14.3. The topological polar surface area (TPSA) is 38.8 Å². The maximum atomic E-state index is 12.9. The van der Waals surface area contributed by atoms with E-state index in [0.29, 0.717) is 31.5 Å². The van der Waals surface area contributed by atoms with Gasteiger partial charge in [0.2, 0.25) is 5.91 Å². The summed E-state index contributed by atoms with van der Waals surface area (Å²) in [6.07, 6.45) is 3.07. The van der Waals surface area contributed by atoms with Gasteiger partial charge in [-0.2, -0.15) is 0 Å². The highest BCUT2D eigenvalue weighted by molar-refractivity contribution is 5.78. The van der Waals surface area contributed by atoms with Gasteiger partial charge in [-0.15, -0.1) is 0 Å². The molecule has 1 aliphatic carbocycles. The molecule has 4 heteroatoms. The third kappa shape index (κ3) is 3.69. The lowest BCUT2D eigenvalue weighted by Gasteiger charge is -2.39. The number of methoxy groups -OCH3 is 1. The van der Waals surface area contributed by atoms with Crippen LogP contribution in [-0.2, 0) is 9.53 Å². The quantitative estimate of drug-likeness (QED) is 0.837. The highest BCUT2D eigenvalue weighted by Crippen LogP contribution is 2.45. The Hall–Kier alpha value is -1.55. The molecule has 2 aliphatic rings. The summed E-state index contributed by atoms with van der Waals surface area (Å²) in [5.74, 6) is 2.11. The second kappa shape index (κ2) is 6.91. The van der Waals surface area contributed by atoms with E-state index in [4.69, 9.17) is 9.47 Å². The number of ether oxygens (including phenoxy) is 2. The Bertz CT molecular complexity index is 528. The number of carbonyl (C=O) groups is 1. The Kier molecular flexibility index (Phi) is 4.90. The van der Waals surface area contributed by atoms with Crippen molar-refractivity contribution in [3.05, 3.63) is 29.8 Å². The molecule has 3 unspecified atom stereocenters. The number of morpholine rings is 1. The maximum Gasteiger partial charge on any atom is 0.223 e. The van der Waals surface area contributed by atoms with Crippen molar-refractivity contribution in [3.63, 3.8) is 0 Å². The Morgan fingerprint density at radius 1 is 1.22 bits per heavy atom. The second-order valence-corrected chi connectivity index (χ2v) is 6.96. The number of amides is 1. The minimum absolute atomic E-state index is 0.168. The average molecular weight is 317 g/mol. The summed E-state index contributed by atoms with van der Waals surface area (Å²) in [4.78, 5) is 14.9. The molecule has 2 fully saturated rings. The highest BCUT2D eigenvalue weighted by Gasteiger charge is 2.37. The van der Waals surface area contributed by atoms with Crippen molar-refractivity contribution in [3.8, 4) is 5.75 Å². The van der Waals surface area contributed by atoms with E-state index in [1.807, 2.05) is 17.0 Å². The molecule has 1 amide bonds. The van der Waals surface area contributed by atoms with Gasteiger partial charge in [0, 0.05) is 6.42 Å². The van der Waals surface area contributed by atoms with Gasteiger partial charge in [-0.25, -0.2) is 0 Å². The summed E-state index contributed by atoms with van der Waals surface area (Å²) in [5.41, 5.74) is 1.26. The second-order valence-electron chi connectivity index (χ2n) is 6.96. The summed E-state index contributed by atoms with van der Waals surface area (Å²) in [6.45, 7) is 5.44. The van der Waals surface area contributed by atoms with Crippen molar-refractivity contribution in [2.24, 2.45) is 5.92 Å². The van der Waals surface area contributed by atoms with E-state index in [-0.39, 0.29) is 18.0 Å². The number of benzene rings is 1. The van der Waals surface area contributed by atoms with E-state index >= 15 is 0 Å². The monoisotopic (exact) mass is 317 g/mol. The van der Waals surface area contributed by atoms with Gasteiger partial charge < -0.3 is 14.4 Å². The lowest BCUT2D eigenvalue weighted by Crippen LogP contribution is -2.52. The van der Waals surface area contributed by atoms with E-state index < -0.39 is 0 Å². The fraction of sp³-hybridized carbons (Fsp3) is 0.632. The van der Waals surface area contributed by atoms with Crippen molar-refractivity contribution in [1.29, 1.82) is 0 Å². The van der Waals surface area contributed by atoms with E-state index in [2.05, 4.69) is 26.0 Å². The van der Waals surface area contributed by atoms with Gasteiger partial charge in [0.05, 0.1) is 32.4 Å². The molecule has 3 rings (SSSR count). The lowest BCUT2D eigenvalue weighted by atomic mass is 9.90. The smallest absolute Gasteiger partial charge is 0.223 e. The first-order chi connectivity index (χ1) is 11.1. The molecule has 0 bridgehead atoms. The Labute approximate surface area is 138 Å². The van der Waals surface area contributed by atoms with Crippen LogP contribution < -0.4 is 4.74 Å². The van der Waals surface area contributed by atoms with Gasteiger partial charge in [-0.1, -0.05) is 12.1 Å². The normalized spacial score (nSPS) is 26.0. The Balaban J connectivity index is 1.72. The lowest BCUT2D eigenvalue weighted by molar-refractivity contribution is -0.144. The molecule has 1 saturated carbocycles. The third-order valence-corrected chi connectivity index (χ3v) is 5.09. The van der Waals surface area contributed by atoms with Gasteiger partial charge in [0.1, 0.15) is 5.75 Å². The van der Waals surface area contributed by atoms with Crippen LogP contribution in [0.3, 0.4) is 0 Å². The summed E-state index contributed by atoms with van der Waals surface area (Å²) in [5, 5.41) is 0. The first kappa shape index (κ1) is 16.3. The minimum Gasteiger partial charge on any atom is -0.497 e. The molecular formula is C19H27NO3. The van der Waals surface area contributed by atoms with Gasteiger partial charge >= 0.3 is 0 Å². The summed E-state index contributed by atoms with van der Waals surface area (Å²) in [7, 11) is 1.68. The van der Waals surface area contributed by atoms with E-state index in [1.165, 1.54) is 18.4 Å². The van der Waals surface area contributed by atoms with Crippen molar-refractivity contribution in [2.45, 2.75) is 51.1 Å². The SMILES string of the molecule is COc1ccc(C(CC(=O)N2C(C)COCC2C)C2CC2)cc1. The van der Waals surface area contributed by atoms with Gasteiger partial charge in [-0.3, -0.25) is 4.79 Å². The van der Waals surface area contributed by atoms with Crippen LogP contribution in [0.15, 0.2) is 24.3 Å². The molecule has 4 nitrogen and oxygen atoms in total. The minimum atomic E-state index is 0.168. The number of hydrogen-bond donors (Lipinski definition) is 0. The first-order valence-electron chi connectivity index (χ1n) is 8.63. The predicted molar refractivity (Wildman–Crippen MR) is 89.7 cm³/mol. The van der Waals surface area contributed by atoms with Gasteiger partial charge in [0.25, 0.3) is 0 Å². The first-order valence-corrected chi connectivity index (χ1v) is 8.63. The number of rotatable bonds is 5. The summed E-state index contributed by atoms with van der Waals surface area (Å²) < 4.78 is 10.8. The van der Waals surface area contributed by atoms with Crippen LogP contribution in [0.2, 0.25) is 0 Å². The van der Waals surface area contributed by atoms with Crippen molar-refractivity contribution >= 4 is 5.91 Å². The molecule has 0 N–H and O–H groups in total. The average Bonchev–Trinajstić information content (AvgIpc) is 3.37. The van der Waals surface area contributed by atoms with Crippen LogP contribution in [0, 0.1) is 5.92 Å². The fourth-order valence-electron chi connectivity index (χ4n) is 3.70. The van der Waals surface area contributed by atoms with Crippen molar-refractivity contribution in [2.75, 3.05) is 20.3 Å². The van der Waals surface area contributed by atoms with Gasteiger partial charge in [0.15, 0.2) is 0 Å². The van der Waals surface area contributed by atoms with Crippen molar-refractivity contribution in [1.82, 2.24) is 4.90 Å². The molecule has 1 heterocycles. The van der Waals surface area contributed by atoms with E-state index in [9.17, 15) is 4.79 Å². The molecule has 0 aromatic heterocycles. The van der Waals surface area contributed by atoms with Gasteiger partial charge in [-0.05, 0) is 56.2 Å². The highest BCUT2D eigenvalue weighted by atomic mass is 16.5. The molecule has 1 aromatic carbocycles. The summed E-state index contributed by atoms with van der Waals surface area (Å²) >= 11 is 0. The molecule has 1 aromatic rings. The fourth-order valence-corrected chi connectivity index (χ4v) is 3.70. The van der Waals surface area contributed by atoms with Crippen LogP contribution >= 0.6 is 0 Å². The molecule has 1 aliphatic heterocycles. The zero-order valence-corrected chi connectivity index (χ0v) is 14.3. The molecule has 23 heavy (non-hydrogen) atoms. The standard InChI is InChI=1S/C19H27NO3/c1-13-11-23-12-14(2)20(13)19(21)10-18(15-4-5-15)16-6-8-17(22-3)9-7-16/h6-9,13-15,18H,4-5,10-12H2,1-3H3. The van der Waals surface area contributed by atoms with E-state index in [1.54, 1.807) is 7.11 Å². The molecular weight excluding hydrogens is 290 g/mol. The molecule has 0 spiro atoms. The number of carbonyl (C=O) groups excluding carboxylic acids is 1. The molecule has 1 saturated heterocycles. The van der Waals surface area contributed by atoms with E-state index in [0.717, 1.165) is 5.75 Å². The third-order valence-electron chi connectivity index (χ3n) is 5.09.